The maximum Gasteiger partial charge on any atom is 0.337 e. The van der Waals surface area contributed by atoms with E-state index in [9.17, 15) is 14.7 Å². The fourth-order valence-corrected chi connectivity index (χ4v) is 3.39. The highest BCUT2D eigenvalue weighted by Crippen LogP contribution is 2.35. The normalized spacial score (nSPS) is 10.6. The summed E-state index contributed by atoms with van der Waals surface area (Å²) in [5.41, 5.74) is 4.02. The second-order valence-corrected chi connectivity index (χ2v) is 6.54. The summed E-state index contributed by atoms with van der Waals surface area (Å²) in [6.07, 6.45) is 2.54. The van der Waals surface area contributed by atoms with Crippen molar-refractivity contribution in [1.82, 2.24) is 9.97 Å². The number of aromatic carboxylic acids is 1. The third-order valence-corrected chi connectivity index (χ3v) is 4.63. The molecule has 0 aliphatic heterocycles. The van der Waals surface area contributed by atoms with E-state index >= 15 is 0 Å². The third-order valence-electron chi connectivity index (χ3n) is 3.82. The molecule has 0 bridgehead atoms. The Labute approximate surface area is 157 Å². The number of H-pyrrole nitrogens is 1. The molecular formula is C18H14IN3O3. The number of nitrogens with zero attached hydrogens (tertiary/aromatic N) is 1. The molecule has 1 aromatic carbocycles. The molecule has 0 radical (unpaired) electrons. The smallest absolute Gasteiger partial charge is 0.337 e. The van der Waals surface area contributed by atoms with Crippen molar-refractivity contribution < 1.29 is 14.7 Å². The Morgan fingerprint density at radius 2 is 2.12 bits per heavy atom. The Hall–Kier alpha value is -2.68. The zero-order chi connectivity index (χ0) is 18.1. The van der Waals surface area contributed by atoms with Gasteiger partial charge >= 0.3 is 5.97 Å². The first kappa shape index (κ1) is 17.2. The van der Waals surface area contributed by atoms with E-state index in [0.717, 1.165) is 20.4 Å². The lowest BCUT2D eigenvalue weighted by Crippen LogP contribution is -2.08. The van der Waals surface area contributed by atoms with Crippen LogP contribution < -0.4 is 5.32 Å². The van der Waals surface area contributed by atoms with Crippen molar-refractivity contribution in [2.45, 2.75) is 6.92 Å². The Morgan fingerprint density at radius 3 is 2.80 bits per heavy atom. The molecule has 0 saturated carbocycles. The van der Waals surface area contributed by atoms with Crippen LogP contribution >= 0.6 is 22.6 Å². The Morgan fingerprint density at radius 1 is 1.36 bits per heavy atom. The minimum Gasteiger partial charge on any atom is -0.478 e. The van der Waals surface area contributed by atoms with Gasteiger partial charge in [0.25, 0.3) is 0 Å². The number of aromatic amines is 1. The quantitative estimate of drug-likeness (QED) is 0.417. The minimum atomic E-state index is -1.03. The number of pyridine rings is 1. The van der Waals surface area contributed by atoms with Crippen LogP contribution in [0.15, 0.2) is 43.1 Å². The highest BCUT2D eigenvalue weighted by atomic mass is 127. The summed E-state index contributed by atoms with van der Waals surface area (Å²) in [6.45, 7) is 5.35. The number of hydrogen-bond acceptors (Lipinski definition) is 3. The van der Waals surface area contributed by atoms with Crippen LogP contribution in [0.3, 0.4) is 0 Å². The molecule has 6 nitrogen and oxygen atoms in total. The van der Waals surface area contributed by atoms with Crippen molar-refractivity contribution in [3.63, 3.8) is 0 Å². The summed E-state index contributed by atoms with van der Waals surface area (Å²) in [6, 6.07) is 7.28. The SMILES string of the molecule is C=CC(=O)Nc1cc(-c2c(I)[nH]c3ncc(C(=O)O)cc23)ccc1C. The number of fused-ring (bicyclic) bond motifs is 1. The Bertz CT molecular complexity index is 1020. The number of anilines is 1. The molecule has 0 aliphatic carbocycles. The first-order valence-corrected chi connectivity index (χ1v) is 8.43. The summed E-state index contributed by atoms with van der Waals surface area (Å²) < 4.78 is 0.840. The van der Waals surface area contributed by atoms with E-state index in [2.05, 4.69) is 44.5 Å². The van der Waals surface area contributed by atoms with Crippen LogP contribution in [-0.4, -0.2) is 27.0 Å². The number of carbonyl (C=O) groups excluding carboxylic acids is 1. The first-order valence-electron chi connectivity index (χ1n) is 7.35. The van der Waals surface area contributed by atoms with E-state index < -0.39 is 5.97 Å². The lowest BCUT2D eigenvalue weighted by molar-refractivity contribution is -0.111. The van der Waals surface area contributed by atoms with E-state index in [4.69, 9.17) is 0 Å². The van der Waals surface area contributed by atoms with Gasteiger partial charge in [-0.1, -0.05) is 18.7 Å². The second kappa shape index (κ2) is 6.67. The van der Waals surface area contributed by atoms with Crippen molar-refractivity contribution in [2.75, 3.05) is 5.32 Å². The average Bonchev–Trinajstić information content (AvgIpc) is 2.91. The van der Waals surface area contributed by atoms with Gasteiger partial charge in [0.15, 0.2) is 0 Å². The van der Waals surface area contributed by atoms with Gasteiger partial charge in [-0.2, -0.15) is 0 Å². The predicted octanol–water partition coefficient (Wildman–Crippen LogP) is 3.97. The van der Waals surface area contributed by atoms with Crippen LogP contribution in [0.2, 0.25) is 0 Å². The molecule has 3 aromatic rings. The van der Waals surface area contributed by atoms with E-state index in [1.165, 1.54) is 12.3 Å². The molecule has 3 rings (SSSR count). The number of aryl methyl sites for hydroxylation is 1. The monoisotopic (exact) mass is 447 g/mol. The van der Waals surface area contributed by atoms with Gasteiger partial charge in [0.1, 0.15) is 5.65 Å². The zero-order valence-corrected chi connectivity index (χ0v) is 15.4. The highest BCUT2D eigenvalue weighted by molar-refractivity contribution is 14.1. The minimum absolute atomic E-state index is 0.122. The molecule has 126 valence electrons. The van der Waals surface area contributed by atoms with Crippen LogP contribution in [0.25, 0.3) is 22.2 Å². The molecule has 0 fully saturated rings. The number of carboxylic acids is 1. The summed E-state index contributed by atoms with van der Waals surface area (Å²) in [5, 5.41) is 12.7. The molecule has 2 heterocycles. The number of rotatable bonds is 4. The van der Waals surface area contributed by atoms with Crippen molar-refractivity contribution in [2.24, 2.45) is 0 Å². The zero-order valence-electron chi connectivity index (χ0n) is 13.3. The standard InChI is InChI=1S/C18H14IN3O3/c1-3-14(23)21-13-7-10(5-4-9(13)2)15-12-6-11(18(24)25)8-20-17(12)22-16(15)19/h3-8H,1H2,2H3,(H,20,22)(H,21,23)(H,24,25). The molecule has 0 unspecified atom stereocenters. The van der Waals surface area contributed by atoms with Crippen molar-refractivity contribution in [3.8, 4) is 11.1 Å². The number of halogens is 1. The van der Waals surface area contributed by atoms with E-state index in [1.54, 1.807) is 6.07 Å². The van der Waals surface area contributed by atoms with Gasteiger partial charge in [0, 0.05) is 22.8 Å². The number of hydrogen-bond donors (Lipinski definition) is 3. The number of benzene rings is 1. The summed E-state index contributed by atoms with van der Waals surface area (Å²) in [7, 11) is 0. The third kappa shape index (κ3) is 3.27. The summed E-state index contributed by atoms with van der Waals surface area (Å²) in [5.74, 6) is -1.32. The molecule has 2 aromatic heterocycles. The Kier molecular flexibility index (Phi) is 4.58. The van der Waals surface area contributed by atoms with Crippen molar-refractivity contribution in [1.29, 1.82) is 0 Å². The molecule has 0 spiro atoms. The first-order chi connectivity index (χ1) is 11.9. The lowest BCUT2D eigenvalue weighted by Gasteiger charge is -2.10. The van der Waals surface area contributed by atoms with Crippen molar-refractivity contribution in [3.05, 3.63) is 57.9 Å². The fourth-order valence-electron chi connectivity index (χ4n) is 2.53. The molecular weight excluding hydrogens is 433 g/mol. The molecule has 7 heteroatoms. The number of carboxylic acid groups (broad SMARTS) is 1. The molecule has 3 N–H and O–H groups in total. The molecule has 0 atom stereocenters. The number of amides is 1. The maximum atomic E-state index is 11.6. The van der Waals surface area contributed by atoms with Gasteiger partial charge in [0.05, 0.1) is 9.26 Å². The Balaban J connectivity index is 2.18. The van der Waals surface area contributed by atoms with E-state index in [0.29, 0.717) is 16.7 Å². The predicted molar refractivity (Wildman–Crippen MR) is 105 cm³/mol. The summed E-state index contributed by atoms with van der Waals surface area (Å²) in [4.78, 5) is 30.2. The van der Waals surface area contributed by atoms with Crippen LogP contribution in [-0.2, 0) is 4.79 Å². The average molecular weight is 447 g/mol. The molecule has 25 heavy (non-hydrogen) atoms. The van der Waals surface area contributed by atoms with Gasteiger partial charge < -0.3 is 15.4 Å². The highest BCUT2D eigenvalue weighted by Gasteiger charge is 2.16. The van der Waals surface area contributed by atoms with Crippen LogP contribution in [0, 0.1) is 10.6 Å². The fraction of sp³-hybridized carbons (Fsp3) is 0.0556. The van der Waals surface area contributed by atoms with Crippen LogP contribution in [0.5, 0.6) is 0 Å². The number of aromatic nitrogens is 2. The van der Waals surface area contributed by atoms with Crippen LogP contribution in [0.4, 0.5) is 5.69 Å². The lowest BCUT2D eigenvalue weighted by atomic mass is 10.0. The van der Waals surface area contributed by atoms with Gasteiger partial charge in [-0.15, -0.1) is 0 Å². The summed E-state index contributed by atoms with van der Waals surface area (Å²) >= 11 is 2.15. The van der Waals surface area contributed by atoms with Gasteiger partial charge in [-0.3, -0.25) is 4.79 Å². The van der Waals surface area contributed by atoms with Gasteiger partial charge in [0.2, 0.25) is 5.91 Å². The van der Waals surface area contributed by atoms with Crippen LogP contribution in [0.1, 0.15) is 15.9 Å². The van der Waals surface area contributed by atoms with E-state index in [-0.39, 0.29) is 11.5 Å². The molecule has 0 aliphatic rings. The topological polar surface area (TPSA) is 95.1 Å². The van der Waals surface area contributed by atoms with E-state index in [1.807, 2.05) is 25.1 Å². The number of nitrogens with one attached hydrogen (secondary N) is 2. The molecule has 0 saturated heterocycles. The van der Waals surface area contributed by atoms with Gasteiger partial charge in [-0.05, 0) is 58.9 Å². The largest absolute Gasteiger partial charge is 0.478 e. The molecule has 1 amide bonds. The van der Waals surface area contributed by atoms with Crippen molar-refractivity contribution >= 4 is 51.2 Å². The second-order valence-electron chi connectivity index (χ2n) is 5.46. The number of carbonyl (C=O) groups is 2. The van der Waals surface area contributed by atoms with Gasteiger partial charge in [-0.25, -0.2) is 9.78 Å². The maximum absolute atomic E-state index is 11.6.